The van der Waals surface area contributed by atoms with Crippen molar-refractivity contribution in [2.45, 2.75) is 13.3 Å². The quantitative estimate of drug-likeness (QED) is 0.758. The van der Waals surface area contributed by atoms with E-state index >= 15 is 0 Å². The number of aryl methyl sites for hydroxylation is 1. The number of benzene rings is 1. The SMILES string of the molecule is Cc1nc2ccc(-c3nc(CCN)cs3)cc2[nH]1. The minimum absolute atomic E-state index is 0.641. The van der Waals surface area contributed by atoms with Gasteiger partial charge in [-0.15, -0.1) is 11.3 Å². The molecule has 0 fully saturated rings. The summed E-state index contributed by atoms with van der Waals surface area (Å²) < 4.78 is 0. The van der Waals surface area contributed by atoms with Gasteiger partial charge in [0, 0.05) is 17.4 Å². The Morgan fingerprint density at radius 2 is 2.22 bits per heavy atom. The highest BCUT2D eigenvalue weighted by Gasteiger charge is 2.06. The number of aromatic nitrogens is 3. The molecular formula is C13H14N4S. The summed E-state index contributed by atoms with van der Waals surface area (Å²) in [5.41, 5.74) is 9.78. The molecule has 0 saturated heterocycles. The van der Waals surface area contributed by atoms with Gasteiger partial charge in [-0.25, -0.2) is 9.97 Å². The molecule has 2 aromatic heterocycles. The van der Waals surface area contributed by atoms with Crippen LogP contribution in [0.4, 0.5) is 0 Å². The summed E-state index contributed by atoms with van der Waals surface area (Å²) in [7, 11) is 0. The van der Waals surface area contributed by atoms with Crippen molar-refractivity contribution in [2.24, 2.45) is 5.73 Å². The maximum atomic E-state index is 5.54. The first-order chi connectivity index (χ1) is 8.76. The normalized spacial score (nSPS) is 11.2. The molecule has 0 unspecified atom stereocenters. The van der Waals surface area contributed by atoms with Gasteiger partial charge in [0.25, 0.3) is 0 Å². The Balaban J connectivity index is 2.01. The van der Waals surface area contributed by atoms with Crippen LogP contribution in [-0.4, -0.2) is 21.5 Å². The molecule has 0 atom stereocenters. The fourth-order valence-corrected chi connectivity index (χ4v) is 2.82. The van der Waals surface area contributed by atoms with Crippen molar-refractivity contribution in [3.63, 3.8) is 0 Å². The largest absolute Gasteiger partial charge is 0.342 e. The Kier molecular flexibility index (Phi) is 2.85. The van der Waals surface area contributed by atoms with E-state index in [2.05, 4.69) is 32.5 Å². The van der Waals surface area contributed by atoms with Gasteiger partial charge >= 0.3 is 0 Å². The van der Waals surface area contributed by atoms with Crippen LogP contribution < -0.4 is 5.73 Å². The molecule has 0 aliphatic carbocycles. The van der Waals surface area contributed by atoms with Crippen molar-refractivity contribution < 1.29 is 0 Å². The highest BCUT2D eigenvalue weighted by atomic mass is 32.1. The van der Waals surface area contributed by atoms with Gasteiger partial charge in [-0.3, -0.25) is 0 Å². The molecule has 0 radical (unpaired) electrons. The van der Waals surface area contributed by atoms with Crippen LogP contribution in [0, 0.1) is 6.92 Å². The van der Waals surface area contributed by atoms with Gasteiger partial charge in [0.15, 0.2) is 0 Å². The average molecular weight is 258 g/mol. The zero-order valence-electron chi connectivity index (χ0n) is 10.1. The van der Waals surface area contributed by atoms with Gasteiger partial charge in [-0.05, 0) is 31.7 Å². The van der Waals surface area contributed by atoms with Gasteiger partial charge in [0.2, 0.25) is 0 Å². The summed E-state index contributed by atoms with van der Waals surface area (Å²) in [5.74, 6) is 0.935. The Hall–Kier alpha value is -1.72. The fourth-order valence-electron chi connectivity index (χ4n) is 1.97. The van der Waals surface area contributed by atoms with Crippen molar-refractivity contribution in [1.82, 2.24) is 15.0 Å². The molecule has 1 aromatic carbocycles. The lowest BCUT2D eigenvalue weighted by Gasteiger charge is -1.96. The third-order valence-electron chi connectivity index (χ3n) is 2.80. The Morgan fingerprint density at radius 1 is 1.33 bits per heavy atom. The summed E-state index contributed by atoms with van der Waals surface area (Å²) in [6.45, 7) is 2.60. The van der Waals surface area contributed by atoms with E-state index in [0.29, 0.717) is 6.54 Å². The van der Waals surface area contributed by atoms with Crippen LogP contribution in [0.3, 0.4) is 0 Å². The monoisotopic (exact) mass is 258 g/mol. The summed E-state index contributed by atoms with van der Waals surface area (Å²) >= 11 is 1.66. The van der Waals surface area contributed by atoms with E-state index in [1.807, 2.05) is 13.0 Å². The first-order valence-electron chi connectivity index (χ1n) is 5.87. The van der Waals surface area contributed by atoms with Crippen LogP contribution in [0.15, 0.2) is 23.6 Å². The van der Waals surface area contributed by atoms with Crippen LogP contribution in [0.2, 0.25) is 0 Å². The maximum Gasteiger partial charge on any atom is 0.123 e. The molecule has 18 heavy (non-hydrogen) atoms. The molecule has 3 aromatic rings. The highest BCUT2D eigenvalue weighted by molar-refractivity contribution is 7.13. The number of nitrogens with one attached hydrogen (secondary N) is 1. The number of fused-ring (bicyclic) bond motifs is 1. The molecule has 0 amide bonds. The van der Waals surface area contributed by atoms with Gasteiger partial charge in [-0.2, -0.15) is 0 Å². The highest BCUT2D eigenvalue weighted by Crippen LogP contribution is 2.26. The van der Waals surface area contributed by atoms with E-state index < -0.39 is 0 Å². The summed E-state index contributed by atoms with van der Waals surface area (Å²) in [5, 5.41) is 3.11. The predicted octanol–water partition coefficient (Wildman–Crippen LogP) is 2.50. The lowest BCUT2D eigenvalue weighted by Crippen LogP contribution is -2.02. The van der Waals surface area contributed by atoms with Crippen molar-refractivity contribution in [3.05, 3.63) is 35.1 Å². The molecule has 4 nitrogen and oxygen atoms in total. The summed E-state index contributed by atoms with van der Waals surface area (Å²) in [6.07, 6.45) is 0.835. The van der Waals surface area contributed by atoms with E-state index in [1.54, 1.807) is 11.3 Å². The first-order valence-corrected chi connectivity index (χ1v) is 6.75. The number of nitrogens with zero attached hydrogens (tertiary/aromatic N) is 2. The van der Waals surface area contributed by atoms with E-state index in [4.69, 9.17) is 5.73 Å². The third-order valence-corrected chi connectivity index (χ3v) is 3.74. The molecule has 0 saturated carbocycles. The smallest absolute Gasteiger partial charge is 0.123 e. The fraction of sp³-hybridized carbons (Fsp3) is 0.231. The second-order valence-corrected chi connectivity index (χ2v) is 5.09. The van der Waals surface area contributed by atoms with Gasteiger partial charge in [-0.1, -0.05) is 0 Å². The summed E-state index contributed by atoms with van der Waals surface area (Å²) in [4.78, 5) is 12.2. The summed E-state index contributed by atoms with van der Waals surface area (Å²) in [6, 6.07) is 6.19. The van der Waals surface area contributed by atoms with Crippen molar-refractivity contribution >= 4 is 22.4 Å². The molecule has 92 valence electrons. The number of imidazole rings is 1. The van der Waals surface area contributed by atoms with Gasteiger partial charge < -0.3 is 10.7 Å². The molecule has 0 aliphatic rings. The minimum Gasteiger partial charge on any atom is -0.342 e. The van der Waals surface area contributed by atoms with Crippen LogP contribution in [0.1, 0.15) is 11.5 Å². The van der Waals surface area contributed by atoms with E-state index in [0.717, 1.165) is 39.5 Å². The minimum atomic E-state index is 0.641. The predicted molar refractivity (Wildman–Crippen MR) is 74.7 cm³/mol. The molecule has 2 heterocycles. The lowest BCUT2D eigenvalue weighted by molar-refractivity contribution is 0.936. The zero-order valence-corrected chi connectivity index (χ0v) is 10.9. The maximum absolute atomic E-state index is 5.54. The average Bonchev–Trinajstić information content (AvgIpc) is 2.93. The standard InChI is InChI=1S/C13H14N4S/c1-8-15-11-3-2-9(6-12(11)16-8)13-17-10(4-5-14)7-18-13/h2-3,6-7H,4-5,14H2,1H3,(H,15,16). The van der Waals surface area contributed by atoms with Crippen LogP contribution >= 0.6 is 11.3 Å². The van der Waals surface area contributed by atoms with E-state index in [-0.39, 0.29) is 0 Å². The van der Waals surface area contributed by atoms with Crippen molar-refractivity contribution in [3.8, 4) is 10.6 Å². The second kappa shape index (κ2) is 4.51. The Morgan fingerprint density at radius 3 is 3.06 bits per heavy atom. The number of nitrogens with two attached hydrogens (primary N) is 1. The number of hydrogen-bond acceptors (Lipinski definition) is 4. The van der Waals surface area contributed by atoms with Crippen molar-refractivity contribution in [1.29, 1.82) is 0 Å². The molecule has 0 aliphatic heterocycles. The molecule has 3 N–H and O–H groups in total. The van der Waals surface area contributed by atoms with Crippen LogP contribution in [-0.2, 0) is 6.42 Å². The van der Waals surface area contributed by atoms with Gasteiger partial charge in [0.05, 0.1) is 16.7 Å². The molecular weight excluding hydrogens is 244 g/mol. The number of thiazole rings is 1. The Bertz CT molecular complexity index is 683. The van der Waals surface area contributed by atoms with Crippen molar-refractivity contribution in [2.75, 3.05) is 6.54 Å². The number of hydrogen-bond donors (Lipinski definition) is 2. The van der Waals surface area contributed by atoms with E-state index in [1.165, 1.54) is 0 Å². The number of aromatic amines is 1. The zero-order chi connectivity index (χ0) is 12.5. The Labute approximate surface area is 109 Å². The molecule has 3 rings (SSSR count). The first kappa shape index (κ1) is 11.4. The molecule has 0 spiro atoms. The number of H-pyrrole nitrogens is 1. The topological polar surface area (TPSA) is 67.6 Å². The van der Waals surface area contributed by atoms with Crippen LogP contribution in [0.25, 0.3) is 21.6 Å². The van der Waals surface area contributed by atoms with Crippen LogP contribution in [0.5, 0.6) is 0 Å². The third kappa shape index (κ3) is 2.02. The molecule has 5 heteroatoms. The second-order valence-electron chi connectivity index (χ2n) is 4.24. The lowest BCUT2D eigenvalue weighted by atomic mass is 10.2. The number of rotatable bonds is 3. The molecule has 0 bridgehead atoms. The van der Waals surface area contributed by atoms with Gasteiger partial charge in [0.1, 0.15) is 10.8 Å². The van der Waals surface area contributed by atoms with E-state index in [9.17, 15) is 0 Å².